The van der Waals surface area contributed by atoms with Gasteiger partial charge in [0, 0.05) is 25.6 Å². The monoisotopic (exact) mass is 1380 g/mol. The molecular weight excluding hydrogens is 1260 g/mol. The zero-order chi connectivity index (χ0) is 73.5. The van der Waals surface area contributed by atoms with E-state index in [-0.39, 0.29) is 73.5 Å². The Kier molecular flexibility index (Phi) is 31.7. The summed E-state index contributed by atoms with van der Waals surface area (Å²) >= 11 is 0. The van der Waals surface area contributed by atoms with Crippen LogP contribution in [0.5, 0.6) is 34.5 Å². The van der Waals surface area contributed by atoms with Gasteiger partial charge in [-0.3, -0.25) is 4.90 Å². The molecule has 0 atom stereocenters. The molecule has 4 fully saturated rings. The fourth-order valence-corrected chi connectivity index (χ4v) is 9.63. The summed E-state index contributed by atoms with van der Waals surface area (Å²) in [6, 6.07) is 30.6. The average molecular weight is 1380 g/mol. The molecule has 10 rings (SSSR count). The van der Waals surface area contributed by atoms with Gasteiger partial charge in [-0.15, -0.1) is 0 Å². The molecule has 0 amide bonds. The van der Waals surface area contributed by atoms with Crippen LogP contribution in [0.25, 0.3) is 0 Å². The summed E-state index contributed by atoms with van der Waals surface area (Å²) in [6.45, 7) is 51.6. The first-order valence-electron chi connectivity index (χ1n) is 35.4. The van der Waals surface area contributed by atoms with Gasteiger partial charge < -0.3 is 37.9 Å². The van der Waals surface area contributed by atoms with Crippen molar-refractivity contribution in [3.63, 3.8) is 0 Å². The molecule has 0 radical (unpaired) electrons. The molecule has 0 spiro atoms. The number of rotatable bonds is 19. The maximum Gasteiger partial charge on any atom is 0.165 e. The van der Waals surface area contributed by atoms with Crippen molar-refractivity contribution in [2.24, 2.45) is 11.8 Å². The van der Waals surface area contributed by atoms with Crippen molar-refractivity contribution < 1.29 is 64.2 Å². The molecule has 2 saturated heterocycles. The highest BCUT2D eigenvalue weighted by Gasteiger charge is 2.27. The minimum Gasteiger partial charge on any atom is -0.491 e. The van der Waals surface area contributed by atoms with E-state index in [0.29, 0.717) is 73.4 Å². The summed E-state index contributed by atoms with van der Waals surface area (Å²) in [5.41, 5.74) is 6.63. The van der Waals surface area contributed by atoms with Gasteiger partial charge in [-0.1, -0.05) is 193 Å². The Morgan fingerprint density at radius 2 is 0.727 bits per heavy atom. The fourth-order valence-electron chi connectivity index (χ4n) is 9.63. The lowest BCUT2D eigenvalue weighted by Gasteiger charge is -2.26. The average Bonchev–Trinajstić information content (AvgIpc) is 1.62. The van der Waals surface area contributed by atoms with Crippen molar-refractivity contribution in [3.8, 4) is 34.5 Å². The van der Waals surface area contributed by atoms with Gasteiger partial charge in [0.2, 0.25) is 0 Å². The highest BCUT2D eigenvalue weighted by atomic mass is 19.1. The Hall–Kier alpha value is -6.68. The zero-order valence-electron chi connectivity index (χ0n) is 63.1. The van der Waals surface area contributed by atoms with Gasteiger partial charge in [-0.2, -0.15) is 0 Å². The van der Waals surface area contributed by atoms with Crippen LogP contribution in [-0.2, 0) is 42.0 Å². The molecule has 99 heavy (non-hydrogen) atoms. The smallest absolute Gasteiger partial charge is 0.165 e. The highest BCUT2D eigenvalue weighted by Crippen LogP contribution is 2.36. The molecule has 2 heterocycles. The number of halogens is 6. The van der Waals surface area contributed by atoms with Crippen molar-refractivity contribution in [3.05, 3.63) is 190 Å². The van der Waals surface area contributed by atoms with E-state index in [1.54, 1.807) is 30.3 Å². The molecule has 548 valence electrons. The van der Waals surface area contributed by atoms with E-state index < -0.39 is 0 Å². The van der Waals surface area contributed by atoms with Gasteiger partial charge in [0.05, 0.1) is 52.4 Å². The minimum absolute atomic E-state index is 0.0000110. The van der Waals surface area contributed by atoms with Gasteiger partial charge in [-0.05, 0) is 170 Å². The molecule has 2 saturated carbocycles. The second-order valence-electron chi connectivity index (χ2n) is 32.2. The lowest BCUT2D eigenvalue weighted by molar-refractivity contribution is -0.0513. The third kappa shape index (κ3) is 29.8. The van der Waals surface area contributed by atoms with E-state index in [9.17, 15) is 26.3 Å². The maximum absolute atomic E-state index is 13.8. The predicted octanol–water partition coefficient (Wildman–Crippen LogP) is 21.5. The Balaban J connectivity index is 0.000000215. The quantitative estimate of drug-likeness (QED) is 0.0582. The van der Waals surface area contributed by atoms with Crippen LogP contribution in [0.4, 0.5) is 26.3 Å². The first-order valence-corrected chi connectivity index (χ1v) is 35.4. The van der Waals surface area contributed by atoms with E-state index in [0.717, 1.165) is 111 Å². The first-order chi connectivity index (χ1) is 46.3. The standard InChI is InChI=1S/C16H24FNO2.C15H21FO.C14H19FO2.C13H17FO.C13H19FO.C13H17FO/c1-16(2,3)13-4-5-14(17)15(12-13)20-11-8-18-6-9-19-10-7-18;1-15(2,3)12-6-7-13(16)14(10-12)17-9-8-11-4-5-11;1-14(2,3)11-4-5-12(15)13(6-11)17-9-10-7-16-8-10;1-13(2,3)9-4-7-11(14)12(8-9)15-10-5-6-10;2*1-5-8-15-12-9-10(13(2,3)4)6-7-11(12)14/h4-5,12H,6-11H2,1-3H3;6-7,10-11H,4-5,8-9H2,1-3H3;4-6,10H,7-9H2,1-3H3;4,7-8,10H,5-6H2,1-3H3;6-7,9H,5,8H2,1-4H3;5-7,9H,1,8H2,2-4H3. The summed E-state index contributed by atoms with van der Waals surface area (Å²) in [5.74, 6) is 1.70. The highest BCUT2D eigenvalue weighted by molar-refractivity contribution is 5.39. The second-order valence-corrected chi connectivity index (χ2v) is 32.2. The normalized spacial score (nSPS) is 15.0. The third-order valence-electron chi connectivity index (χ3n) is 16.9. The minimum atomic E-state index is -0.329. The molecule has 6 aromatic carbocycles. The molecule has 0 bridgehead atoms. The molecule has 15 heteroatoms. The maximum atomic E-state index is 13.8. The number of hydrogen-bond donors (Lipinski definition) is 0. The van der Waals surface area contributed by atoms with Crippen molar-refractivity contribution >= 4 is 0 Å². The number of benzene rings is 6. The summed E-state index contributed by atoms with van der Waals surface area (Å²) in [5, 5.41) is 0. The van der Waals surface area contributed by atoms with Crippen LogP contribution in [0.1, 0.15) is 203 Å². The second kappa shape index (κ2) is 37.8. The van der Waals surface area contributed by atoms with Crippen LogP contribution in [0.15, 0.2) is 122 Å². The van der Waals surface area contributed by atoms with Crippen LogP contribution >= 0.6 is 0 Å². The zero-order valence-corrected chi connectivity index (χ0v) is 63.1. The van der Waals surface area contributed by atoms with Crippen LogP contribution in [-0.4, -0.2) is 90.1 Å². The van der Waals surface area contributed by atoms with Gasteiger partial charge >= 0.3 is 0 Å². The molecule has 2 aliphatic heterocycles. The third-order valence-corrected chi connectivity index (χ3v) is 16.9. The van der Waals surface area contributed by atoms with Crippen LogP contribution in [0.3, 0.4) is 0 Å². The first kappa shape index (κ1) is 83.0. The van der Waals surface area contributed by atoms with Crippen molar-refractivity contribution in [2.45, 2.75) is 209 Å². The van der Waals surface area contributed by atoms with E-state index in [2.05, 4.69) is 136 Å². The topological polar surface area (TPSA) is 77.1 Å². The van der Waals surface area contributed by atoms with Crippen molar-refractivity contribution in [1.82, 2.24) is 4.90 Å². The Morgan fingerprint density at radius 3 is 1.04 bits per heavy atom. The van der Waals surface area contributed by atoms with Gasteiger partial charge in [0.15, 0.2) is 69.4 Å². The number of nitrogens with zero attached hydrogens (tertiary/aromatic N) is 1. The molecule has 0 unspecified atom stereocenters. The van der Waals surface area contributed by atoms with E-state index >= 15 is 0 Å². The molecule has 6 aromatic rings. The molecule has 4 aliphatic rings. The molecule has 2 aliphatic carbocycles. The van der Waals surface area contributed by atoms with E-state index in [1.165, 1.54) is 49.2 Å². The van der Waals surface area contributed by atoms with Crippen LogP contribution in [0, 0.1) is 46.7 Å². The van der Waals surface area contributed by atoms with Crippen LogP contribution < -0.4 is 28.4 Å². The number of morpholine rings is 1. The Bertz CT molecular complexity index is 3420. The number of hydrogen-bond acceptors (Lipinski definition) is 9. The van der Waals surface area contributed by atoms with Gasteiger partial charge in [-0.25, -0.2) is 26.3 Å². The summed E-state index contributed by atoms with van der Waals surface area (Å²) in [6.07, 6.45) is 8.52. The molecule has 9 nitrogen and oxygen atoms in total. The Labute approximate surface area is 590 Å². The predicted molar refractivity (Wildman–Crippen MR) is 391 cm³/mol. The summed E-state index contributed by atoms with van der Waals surface area (Å²) in [4.78, 5) is 2.27. The molecule has 0 N–H and O–H groups in total. The van der Waals surface area contributed by atoms with Gasteiger partial charge in [0.25, 0.3) is 0 Å². The Morgan fingerprint density at radius 1 is 0.404 bits per heavy atom. The molecular formula is C84H117F6NO8. The van der Waals surface area contributed by atoms with E-state index in [4.69, 9.17) is 37.9 Å². The fraction of sp³-hybridized carbons (Fsp3) is 0.548. The summed E-state index contributed by atoms with van der Waals surface area (Å²) in [7, 11) is 0. The van der Waals surface area contributed by atoms with Crippen LogP contribution in [0.2, 0.25) is 0 Å². The van der Waals surface area contributed by atoms with Crippen molar-refractivity contribution in [2.75, 3.05) is 79.1 Å². The summed E-state index contributed by atoms with van der Waals surface area (Å²) < 4.78 is 124. The van der Waals surface area contributed by atoms with E-state index in [1.807, 2.05) is 55.5 Å². The largest absolute Gasteiger partial charge is 0.491 e. The van der Waals surface area contributed by atoms with Gasteiger partial charge in [0.1, 0.15) is 13.2 Å². The lowest BCUT2D eigenvalue weighted by atomic mass is 9.87. The van der Waals surface area contributed by atoms with Crippen molar-refractivity contribution in [1.29, 1.82) is 0 Å². The molecule has 0 aromatic heterocycles. The SMILES string of the molecule is C=CCOc1cc(C(C)(C)C)ccc1F.CC(C)(C)c1ccc(F)c(OC2CC2)c1.CC(C)(C)c1ccc(F)c(OCC2COC2)c1.CC(C)(C)c1ccc(F)c(OCCC2CC2)c1.CC(C)(C)c1ccc(F)c(OCCN2CCOCC2)c1.CCCOc1cc(C(C)(C)C)ccc1F. The lowest BCUT2D eigenvalue weighted by Crippen LogP contribution is -2.38. The number of ether oxygens (including phenoxy) is 8.